The molecule has 1 saturated heterocycles. The number of nitrogens with one attached hydrogen (secondary N) is 1. The predicted octanol–water partition coefficient (Wildman–Crippen LogP) is 2.21. The summed E-state index contributed by atoms with van der Waals surface area (Å²) in [6.07, 6.45) is 6.82. The maximum atomic E-state index is 11.4. The van der Waals surface area contributed by atoms with Gasteiger partial charge >= 0.3 is 6.09 Å². The highest BCUT2D eigenvalue weighted by Gasteiger charge is 2.41. The average Bonchev–Trinajstić information content (AvgIpc) is 2.41. The van der Waals surface area contributed by atoms with Crippen molar-refractivity contribution in [3.63, 3.8) is 0 Å². The van der Waals surface area contributed by atoms with Crippen molar-refractivity contribution in [3.05, 3.63) is 0 Å². The lowest BCUT2D eigenvalue weighted by atomic mass is 9.82. The lowest BCUT2D eigenvalue weighted by Gasteiger charge is -2.42. The molecule has 2 rings (SSSR count). The number of carbonyl (C=O) groups is 2. The monoisotopic (exact) mass is 268 g/mol. The zero-order valence-electron chi connectivity index (χ0n) is 11.6. The van der Waals surface area contributed by atoms with E-state index in [1.54, 1.807) is 0 Å². The molecule has 1 heterocycles. The number of hydrogen-bond acceptors (Lipinski definition) is 2. The molecule has 2 fully saturated rings. The number of rotatable bonds is 5. The zero-order valence-corrected chi connectivity index (χ0v) is 11.6. The van der Waals surface area contributed by atoms with Crippen LogP contribution in [-0.2, 0) is 4.79 Å². The highest BCUT2D eigenvalue weighted by atomic mass is 16.4. The van der Waals surface area contributed by atoms with Crippen LogP contribution >= 0.6 is 0 Å². The van der Waals surface area contributed by atoms with Gasteiger partial charge in [0.1, 0.15) is 6.04 Å². The zero-order chi connectivity index (χ0) is 13.8. The topological polar surface area (TPSA) is 69.6 Å². The first-order valence-corrected chi connectivity index (χ1v) is 7.42. The van der Waals surface area contributed by atoms with E-state index in [1.807, 2.05) is 0 Å². The second kappa shape index (κ2) is 6.26. The molecule has 0 aromatic carbocycles. The van der Waals surface area contributed by atoms with Crippen LogP contribution in [0.2, 0.25) is 0 Å². The second-order valence-electron chi connectivity index (χ2n) is 5.77. The van der Waals surface area contributed by atoms with Crippen molar-refractivity contribution in [2.75, 3.05) is 6.54 Å². The minimum atomic E-state index is -0.947. The lowest BCUT2D eigenvalue weighted by Crippen LogP contribution is -2.65. The Balaban J connectivity index is 1.87. The van der Waals surface area contributed by atoms with Crippen LogP contribution in [0.4, 0.5) is 4.79 Å². The van der Waals surface area contributed by atoms with E-state index in [1.165, 1.54) is 24.2 Å². The molecule has 5 nitrogen and oxygen atoms in total. The molecule has 0 aromatic rings. The van der Waals surface area contributed by atoms with Gasteiger partial charge in [-0.3, -0.25) is 9.69 Å². The molecule has 2 N–H and O–H groups in total. The van der Waals surface area contributed by atoms with Crippen molar-refractivity contribution in [1.82, 2.24) is 10.2 Å². The van der Waals surface area contributed by atoms with Crippen LogP contribution in [0.15, 0.2) is 0 Å². The predicted molar refractivity (Wildman–Crippen MR) is 71.9 cm³/mol. The van der Waals surface area contributed by atoms with Gasteiger partial charge < -0.3 is 10.4 Å². The van der Waals surface area contributed by atoms with Gasteiger partial charge in [-0.15, -0.1) is 0 Å². The Labute approximate surface area is 114 Å². The summed E-state index contributed by atoms with van der Waals surface area (Å²) in [5.74, 6) is 0.609. The highest BCUT2D eigenvalue weighted by molar-refractivity contribution is 5.90. The number of hydrogen-bond donors (Lipinski definition) is 2. The molecule has 0 spiro atoms. The Hall–Kier alpha value is -1.26. The number of unbranched alkanes of at least 4 members (excludes halogenated alkanes) is 1. The highest BCUT2D eigenvalue weighted by Crippen LogP contribution is 2.32. The van der Waals surface area contributed by atoms with Crippen LogP contribution in [0, 0.1) is 5.92 Å². The van der Waals surface area contributed by atoms with E-state index in [0.29, 0.717) is 6.54 Å². The summed E-state index contributed by atoms with van der Waals surface area (Å²) >= 11 is 0. The fourth-order valence-corrected chi connectivity index (χ4v) is 3.25. The Kier molecular flexibility index (Phi) is 4.66. The molecule has 19 heavy (non-hydrogen) atoms. The quantitative estimate of drug-likeness (QED) is 0.751. The first-order valence-electron chi connectivity index (χ1n) is 7.42. The Morgan fingerprint density at radius 3 is 2.47 bits per heavy atom. The maximum absolute atomic E-state index is 11.4. The van der Waals surface area contributed by atoms with Crippen LogP contribution in [0.5, 0.6) is 0 Å². The van der Waals surface area contributed by atoms with Crippen LogP contribution in [0.3, 0.4) is 0 Å². The van der Waals surface area contributed by atoms with E-state index in [-0.39, 0.29) is 11.9 Å². The van der Waals surface area contributed by atoms with E-state index in [2.05, 4.69) is 12.2 Å². The largest absolute Gasteiger partial charge is 0.465 e. The summed E-state index contributed by atoms with van der Waals surface area (Å²) in [7, 11) is 0. The average molecular weight is 268 g/mol. The summed E-state index contributed by atoms with van der Waals surface area (Å²) < 4.78 is 0. The first kappa shape index (κ1) is 14.2. The summed E-state index contributed by atoms with van der Waals surface area (Å²) in [4.78, 5) is 24.2. The first-order chi connectivity index (χ1) is 9.13. The van der Waals surface area contributed by atoms with Gasteiger partial charge in [0.05, 0.1) is 0 Å². The SMILES string of the molecule is CCCCC1CCC(N(C(=O)O)[C@H]2CNC2=O)CC1. The molecule has 5 heteroatoms. The van der Waals surface area contributed by atoms with Gasteiger partial charge in [0, 0.05) is 12.6 Å². The molecule has 2 amide bonds. The molecule has 2 aliphatic rings. The van der Waals surface area contributed by atoms with E-state index >= 15 is 0 Å². The third kappa shape index (κ3) is 3.19. The van der Waals surface area contributed by atoms with Gasteiger partial charge in [0.2, 0.25) is 5.91 Å². The van der Waals surface area contributed by atoms with Gasteiger partial charge in [-0.1, -0.05) is 26.2 Å². The minimum Gasteiger partial charge on any atom is -0.465 e. The fourth-order valence-electron chi connectivity index (χ4n) is 3.25. The van der Waals surface area contributed by atoms with Crippen LogP contribution in [-0.4, -0.2) is 40.6 Å². The Morgan fingerprint density at radius 1 is 1.37 bits per heavy atom. The molecule has 108 valence electrons. The van der Waals surface area contributed by atoms with Crippen LogP contribution in [0.25, 0.3) is 0 Å². The second-order valence-corrected chi connectivity index (χ2v) is 5.77. The van der Waals surface area contributed by atoms with Gasteiger partial charge in [0.15, 0.2) is 0 Å². The molecule has 0 bridgehead atoms. The van der Waals surface area contributed by atoms with Gasteiger partial charge in [-0.05, 0) is 31.6 Å². The summed E-state index contributed by atoms with van der Waals surface area (Å²) in [5, 5.41) is 12.0. The van der Waals surface area contributed by atoms with Crippen molar-refractivity contribution in [3.8, 4) is 0 Å². The Bertz CT molecular complexity index is 338. The van der Waals surface area contributed by atoms with Crippen molar-refractivity contribution in [2.24, 2.45) is 5.92 Å². The molecule has 0 unspecified atom stereocenters. The van der Waals surface area contributed by atoms with Crippen molar-refractivity contribution in [2.45, 2.75) is 64.0 Å². The Morgan fingerprint density at radius 2 is 2.05 bits per heavy atom. The van der Waals surface area contributed by atoms with E-state index < -0.39 is 12.1 Å². The van der Waals surface area contributed by atoms with Crippen LogP contribution < -0.4 is 5.32 Å². The molecule has 0 aromatic heterocycles. The third-order valence-electron chi connectivity index (χ3n) is 4.50. The van der Waals surface area contributed by atoms with Gasteiger partial charge in [-0.2, -0.15) is 0 Å². The molecule has 1 atom stereocenters. The van der Waals surface area contributed by atoms with Crippen molar-refractivity contribution >= 4 is 12.0 Å². The maximum Gasteiger partial charge on any atom is 0.408 e. The number of amides is 2. The summed E-state index contributed by atoms with van der Waals surface area (Å²) in [5.41, 5.74) is 0. The summed E-state index contributed by atoms with van der Waals surface area (Å²) in [6, 6.07) is -0.416. The van der Waals surface area contributed by atoms with Crippen LogP contribution in [0.1, 0.15) is 51.9 Å². The number of nitrogens with zero attached hydrogens (tertiary/aromatic N) is 1. The minimum absolute atomic E-state index is 0.0337. The standard InChI is InChI=1S/C14H24N2O3/c1-2-3-4-10-5-7-11(8-6-10)16(14(18)19)12-9-15-13(12)17/h10-12H,2-9H2,1H3,(H,15,17)(H,18,19)/t10?,11?,12-/m0/s1. The van der Waals surface area contributed by atoms with E-state index in [4.69, 9.17) is 0 Å². The number of carboxylic acid groups (broad SMARTS) is 1. The number of carbonyl (C=O) groups excluding carboxylic acids is 1. The lowest BCUT2D eigenvalue weighted by molar-refractivity contribution is -0.133. The van der Waals surface area contributed by atoms with Crippen molar-refractivity contribution in [1.29, 1.82) is 0 Å². The molecule has 1 aliphatic heterocycles. The van der Waals surface area contributed by atoms with E-state index in [0.717, 1.165) is 31.6 Å². The van der Waals surface area contributed by atoms with Gasteiger partial charge in [-0.25, -0.2) is 4.79 Å². The summed E-state index contributed by atoms with van der Waals surface area (Å²) in [6.45, 7) is 2.67. The number of β-lactam (4-membered cyclic amide) rings is 1. The van der Waals surface area contributed by atoms with Gasteiger partial charge in [0.25, 0.3) is 0 Å². The smallest absolute Gasteiger partial charge is 0.408 e. The molecule has 1 saturated carbocycles. The molecular weight excluding hydrogens is 244 g/mol. The molecule has 0 radical (unpaired) electrons. The fraction of sp³-hybridized carbons (Fsp3) is 0.857. The normalized spacial score (nSPS) is 30.4. The molecule has 1 aliphatic carbocycles. The van der Waals surface area contributed by atoms with E-state index in [9.17, 15) is 14.7 Å². The van der Waals surface area contributed by atoms with Crippen molar-refractivity contribution < 1.29 is 14.7 Å². The molecular formula is C14H24N2O3. The third-order valence-corrected chi connectivity index (χ3v) is 4.50.